The van der Waals surface area contributed by atoms with E-state index in [4.69, 9.17) is 21.4 Å². The molecular formula is C33H30BrClFN5O4. The van der Waals surface area contributed by atoms with Crippen LogP contribution in [0.25, 0.3) is 22.2 Å². The molecule has 1 aromatic heterocycles. The Hall–Kier alpha value is -4.22. The van der Waals surface area contributed by atoms with Crippen LogP contribution in [0.4, 0.5) is 20.6 Å². The average Bonchev–Trinajstić information content (AvgIpc) is 3.40. The summed E-state index contributed by atoms with van der Waals surface area (Å²) < 4.78 is 22.1. The maximum absolute atomic E-state index is 15.1. The molecule has 3 amide bonds. The number of nitrogens with zero attached hydrogens (tertiary/aromatic N) is 3. The van der Waals surface area contributed by atoms with E-state index in [1.54, 1.807) is 33.8 Å². The summed E-state index contributed by atoms with van der Waals surface area (Å²) in [5, 5.41) is 11.6. The second-order valence-electron chi connectivity index (χ2n) is 11.2. The van der Waals surface area contributed by atoms with Crippen LogP contribution in [0.2, 0.25) is 5.02 Å². The second-order valence-corrected chi connectivity index (χ2v) is 12.4. The SMILES string of the molecule is COC(=O)Nc1ccc2c(c1)NC(=O)[C@H](C)CCC[C@H](N1CCC(c3c(Br)ccc(Cl)c3F)=CC1=O)c1nn-2c2ccccc12. The number of aromatic nitrogens is 2. The number of carbonyl (C=O) groups excluding carboxylic acids is 3. The number of carbonyl (C=O) groups is 3. The first-order chi connectivity index (χ1) is 21.7. The highest BCUT2D eigenvalue weighted by Crippen LogP contribution is 2.40. The first kappa shape index (κ1) is 30.8. The van der Waals surface area contributed by atoms with Crippen LogP contribution in [-0.2, 0) is 14.3 Å². The Bertz CT molecular complexity index is 1880. The number of hydrogen-bond donors (Lipinski definition) is 2. The molecule has 2 bridgehead atoms. The van der Waals surface area contributed by atoms with Gasteiger partial charge in [-0.2, -0.15) is 5.10 Å². The monoisotopic (exact) mass is 693 g/mol. The molecule has 3 heterocycles. The predicted octanol–water partition coefficient (Wildman–Crippen LogP) is 7.87. The Labute approximate surface area is 272 Å². The topological polar surface area (TPSA) is 106 Å². The molecule has 0 aliphatic carbocycles. The summed E-state index contributed by atoms with van der Waals surface area (Å²) in [6.45, 7) is 2.22. The van der Waals surface area contributed by atoms with E-state index >= 15 is 4.39 Å². The van der Waals surface area contributed by atoms with Crippen LogP contribution in [0.1, 0.15) is 49.9 Å². The van der Waals surface area contributed by atoms with Crippen molar-refractivity contribution in [2.75, 3.05) is 24.3 Å². The van der Waals surface area contributed by atoms with Crippen LogP contribution in [-0.4, -0.2) is 46.2 Å². The molecule has 6 rings (SSSR count). The number of para-hydroxylation sites is 1. The Balaban J connectivity index is 1.46. The number of anilines is 2. The molecule has 2 aliphatic rings. The zero-order valence-corrected chi connectivity index (χ0v) is 26.9. The van der Waals surface area contributed by atoms with Crippen molar-refractivity contribution < 1.29 is 23.5 Å². The van der Waals surface area contributed by atoms with E-state index < -0.39 is 18.0 Å². The third-order valence-corrected chi connectivity index (χ3v) is 9.31. The van der Waals surface area contributed by atoms with Crippen molar-refractivity contribution in [2.24, 2.45) is 5.92 Å². The van der Waals surface area contributed by atoms with Gasteiger partial charge in [-0.1, -0.05) is 59.1 Å². The van der Waals surface area contributed by atoms with Crippen LogP contribution >= 0.6 is 27.5 Å². The minimum Gasteiger partial charge on any atom is -0.453 e. The highest BCUT2D eigenvalue weighted by molar-refractivity contribution is 9.10. The van der Waals surface area contributed by atoms with Crippen LogP contribution in [0.3, 0.4) is 0 Å². The standard InChI is InChI=1S/C33H30BrClFN5O4/c1-18-6-5-9-27(40-15-14-19(16-28(40)42)29-22(34)11-12-23(35)30(29)36)31-21-7-3-4-8-25(21)41(39-31)26-13-10-20(37-33(44)45-2)17-24(26)38-32(18)43/h3-4,7-8,10-13,16-18,27H,5-6,9,14-15H2,1-2H3,(H,37,44)(H,38,43)/t18-,27+/m1/s1. The lowest BCUT2D eigenvalue weighted by molar-refractivity contribution is -0.129. The maximum Gasteiger partial charge on any atom is 0.411 e. The molecule has 3 aromatic carbocycles. The highest BCUT2D eigenvalue weighted by Gasteiger charge is 2.33. The molecule has 12 heteroatoms. The second kappa shape index (κ2) is 12.6. The van der Waals surface area contributed by atoms with E-state index in [1.165, 1.54) is 19.3 Å². The molecule has 4 aromatic rings. The summed E-state index contributed by atoms with van der Waals surface area (Å²) in [6, 6.07) is 15.6. The van der Waals surface area contributed by atoms with Gasteiger partial charge in [0.1, 0.15) is 5.82 Å². The molecule has 2 atom stereocenters. The lowest BCUT2D eigenvalue weighted by Gasteiger charge is -2.34. The number of rotatable bonds is 3. The fourth-order valence-corrected chi connectivity index (χ4v) is 6.73. The predicted molar refractivity (Wildman–Crippen MR) is 175 cm³/mol. The molecule has 45 heavy (non-hydrogen) atoms. The van der Waals surface area contributed by atoms with Crippen molar-refractivity contribution in [2.45, 2.75) is 38.6 Å². The fraction of sp³-hybridized carbons (Fsp3) is 0.273. The first-order valence-corrected chi connectivity index (χ1v) is 15.8. The van der Waals surface area contributed by atoms with Crippen LogP contribution in [0.5, 0.6) is 0 Å². The number of hydrogen-bond acceptors (Lipinski definition) is 5. The summed E-state index contributed by atoms with van der Waals surface area (Å²) in [5.74, 6) is -1.30. The van der Waals surface area contributed by atoms with Gasteiger partial charge in [-0.05, 0) is 61.2 Å². The molecule has 9 nitrogen and oxygen atoms in total. The van der Waals surface area contributed by atoms with Gasteiger partial charge in [-0.3, -0.25) is 14.9 Å². The average molecular weight is 695 g/mol. The Morgan fingerprint density at radius 1 is 1.16 bits per heavy atom. The Kier molecular flexibility index (Phi) is 8.65. The van der Waals surface area contributed by atoms with Crippen molar-refractivity contribution in [3.05, 3.63) is 87.2 Å². The normalized spacial score (nSPS) is 18.8. The number of halogens is 3. The van der Waals surface area contributed by atoms with E-state index in [0.717, 1.165) is 16.6 Å². The van der Waals surface area contributed by atoms with E-state index in [0.29, 0.717) is 64.9 Å². The van der Waals surface area contributed by atoms with Crippen molar-refractivity contribution >= 4 is 73.3 Å². The van der Waals surface area contributed by atoms with Gasteiger partial charge in [0.15, 0.2) is 0 Å². The minimum absolute atomic E-state index is 0.00746. The third kappa shape index (κ3) is 5.94. The number of methoxy groups -OCH3 is 1. The first-order valence-electron chi connectivity index (χ1n) is 14.6. The third-order valence-electron chi connectivity index (χ3n) is 8.35. The minimum atomic E-state index is -0.633. The van der Waals surface area contributed by atoms with E-state index in [9.17, 15) is 14.4 Å². The van der Waals surface area contributed by atoms with Crippen LogP contribution in [0.15, 0.2) is 65.1 Å². The molecule has 0 radical (unpaired) electrons. The number of amides is 3. The van der Waals surface area contributed by atoms with Gasteiger partial charge in [0.25, 0.3) is 0 Å². The fourth-order valence-electron chi connectivity index (χ4n) is 6.02. The van der Waals surface area contributed by atoms with Crippen molar-refractivity contribution in [3.8, 4) is 5.69 Å². The molecule has 2 aliphatic heterocycles. The summed E-state index contributed by atoms with van der Waals surface area (Å²) in [6.07, 6.45) is 3.10. The molecule has 0 saturated heterocycles. The number of ether oxygens (including phenoxy) is 1. The summed E-state index contributed by atoms with van der Waals surface area (Å²) in [5.41, 5.74) is 3.89. The van der Waals surface area contributed by atoms with Gasteiger partial charge in [0.2, 0.25) is 11.8 Å². The van der Waals surface area contributed by atoms with Gasteiger partial charge < -0.3 is 15.0 Å². The quantitative estimate of drug-likeness (QED) is 0.213. The van der Waals surface area contributed by atoms with Crippen LogP contribution in [0, 0.1) is 11.7 Å². The molecule has 0 unspecified atom stereocenters. The number of benzene rings is 3. The zero-order valence-electron chi connectivity index (χ0n) is 24.6. The zero-order chi connectivity index (χ0) is 31.8. The van der Waals surface area contributed by atoms with Gasteiger partial charge in [0, 0.05) is 39.6 Å². The molecule has 2 N–H and O–H groups in total. The Morgan fingerprint density at radius 2 is 1.96 bits per heavy atom. The maximum atomic E-state index is 15.1. The largest absolute Gasteiger partial charge is 0.453 e. The van der Waals surface area contributed by atoms with E-state index in [1.807, 2.05) is 31.2 Å². The van der Waals surface area contributed by atoms with Crippen molar-refractivity contribution in [1.29, 1.82) is 0 Å². The molecule has 0 saturated carbocycles. The molecule has 232 valence electrons. The lowest BCUT2D eigenvalue weighted by atomic mass is 9.93. The van der Waals surface area contributed by atoms with Gasteiger partial charge >= 0.3 is 6.09 Å². The molecular weight excluding hydrogens is 665 g/mol. The van der Waals surface area contributed by atoms with Crippen molar-refractivity contribution in [1.82, 2.24) is 14.7 Å². The summed E-state index contributed by atoms with van der Waals surface area (Å²) >= 11 is 9.49. The van der Waals surface area contributed by atoms with Gasteiger partial charge in [0.05, 0.1) is 40.8 Å². The Morgan fingerprint density at radius 3 is 2.73 bits per heavy atom. The molecule has 0 spiro atoms. The van der Waals surface area contributed by atoms with Gasteiger partial charge in [-0.15, -0.1) is 0 Å². The highest BCUT2D eigenvalue weighted by atomic mass is 79.9. The summed E-state index contributed by atoms with van der Waals surface area (Å²) in [7, 11) is 1.28. The van der Waals surface area contributed by atoms with E-state index in [-0.39, 0.29) is 22.8 Å². The van der Waals surface area contributed by atoms with E-state index in [2.05, 4.69) is 26.6 Å². The van der Waals surface area contributed by atoms with Crippen molar-refractivity contribution in [3.63, 3.8) is 0 Å². The smallest absolute Gasteiger partial charge is 0.411 e. The van der Waals surface area contributed by atoms with Crippen LogP contribution < -0.4 is 10.6 Å². The molecule has 0 fully saturated rings. The number of nitrogens with one attached hydrogen (secondary N) is 2. The number of fused-ring (bicyclic) bond motifs is 7. The van der Waals surface area contributed by atoms with Gasteiger partial charge in [-0.25, -0.2) is 13.9 Å². The lowest BCUT2D eigenvalue weighted by Crippen LogP contribution is -2.38. The summed E-state index contributed by atoms with van der Waals surface area (Å²) in [4.78, 5) is 40.8.